The van der Waals surface area contributed by atoms with Gasteiger partial charge in [0.05, 0.1) is 16.8 Å². The van der Waals surface area contributed by atoms with Gasteiger partial charge in [-0.15, -0.1) is 0 Å². The van der Waals surface area contributed by atoms with Crippen molar-refractivity contribution in [1.82, 2.24) is 0 Å². The molecule has 0 saturated carbocycles. The maximum Gasteiger partial charge on any atom is 0.0624 e. The second-order valence-corrected chi connectivity index (χ2v) is 12.6. The molecule has 0 aliphatic rings. The van der Waals surface area contributed by atoms with Crippen LogP contribution in [0.15, 0.2) is 176 Å². The molecule has 0 heterocycles. The molecule has 0 radical (unpaired) electrons. The second kappa shape index (κ2) is 11.9. The van der Waals surface area contributed by atoms with Crippen molar-refractivity contribution in [3.05, 3.63) is 188 Å². The van der Waals surface area contributed by atoms with Gasteiger partial charge < -0.3 is 9.80 Å². The van der Waals surface area contributed by atoms with E-state index in [-0.39, 0.29) is 0 Å². The minimum absolute atomic E-state index is 1.04. The van der Waals surface area contributed by atoms with Crippen LogP contribution in [-0.2, 0) is 0 Å². The molecular formula is C47H32N2. The minimum atomic E-state index is 1.04. The Hall–Kier alpha value is -6.56. The van der Waals surface area contributed by atoms with Gasteiger partial charge in [-0.3, -0.25) is 0 Å². The van der Waals surface area contributed by atoms with Crippen molar-refractivity contribution in [2.45, 2.75) is 0 Å². The van der Waals surface area contributed by atoms with Gasteiger partial charge in [0, 0.05) is 29.5 Å². The van der Waals surface area contributed by atoms with E-state index in [2.05, 4.69) is 199 Å². The zero-order chi connectivity index (χ0) is 32.7. The smallest absolute Gasteiger partial charge is 0.0624 e. The highest BCUT2D eigenvalue weighted by Gasteiger charge is 2.18. The molecule has 0 aromatic heterocycles. The Labute approximate surface area is 286 Å². The van der Waals surface area contributed by atoms with Crippen LogP contribution in [0, 0.1) is 12.1 Å². The molecule has 0 atom stereocenters. The summed E-state index contributed by atoms with van der Waals surface area (Å²) in [5.41, 5.74) is 7.95. The fraction of sp³-hybridized carbons (Fsp3) is 0.0213. The van der Waals surface area contributed by atoms with E-state index in [9.17, 15) is 0 Å². The molecule has 49 heavy (non-hydrogen) atoms. The monoisotopic (exact) mass is 624 g/mol. The zero-order valence-corrected chi connectivity index (χ0v) is 27.1. The van der Waals surface area contributed by atoms with Gasteiger partial charge in [0.1, 0.15) is 0 Å². The summed E-state index contributed by atoms with van der Waals surface area (Å²) in [4.78, 5) is 4.60. The Morgan fingerprint density at radius 2 is 0.980 bits per heavy atom. The van der Waals surface area contributed by atoms with Gasteiger partial charge in [0.25, 0.3) is 0 Å². The summed E-state index contributed by atoms with van der Waals surface area (Å²) in [6.07, 6.45) is 0. The SMILES string of the molecule is CN(c1ccc(-c2ccc(N(c3cccc4ccc#cc34)c3cccc4ccccc34)cc2)cc1)c1ccc2cc3ccccc3cc2c1. The molecule has 2 nitrogen and oxygen atoms in total. The van der Waals surface area contributed by atoms with Crippen LogP contribution < -0.4 is 9.80 Å². The van der Waals surface area contributed by atoms with Crippen molar-refractivity contribution in [2.75, 3.05) is 16.8 Å². The van der Waals surface area contributed by atoms with Gasteiger partial charge in [0.2, 0.25) is 0 Å². The first kappa shape index (κ1) is 28.6. The van der Waals surface area contributed by atoms with Crippen molar-refractivity contribution in [3.8, 4) is 11.1 Å². The number of fused-ring (bicyclic) bond motifs is 4. The first-order valence-electron chi connectivity index (χ1n) is 16.7. The Bertz CT molecular complexity index is 2530. The molecule has 0 N–H and O–H groups in total. The fourth-order valence-electron chi connectivity index (χ4n) is 7.04. The standard InChI is InChI=1S/C47H32N2/c1-48(43-29-24-39-30-37-12-2-3-13-38(37)31-40(39)32-43)41-25-20-33(21-26-41)34-22-27-42(28-23-34)49(46-18-8-14-35-10-4-6-16-44(35)46)47-19-9-15-36-11-5-7-17-45(36)47/h2-6,8-16,18-32H,1H3. The van der Waals surface area contributed by atoms with Crippen LogP contribution in [0.5, 0.6) is 0 Å². The third kappa shape index (κ3) is 5.19. The van der Waals surface area contributed by atoms with E-state index in [1.807, 2.05) is 6.07 Å². The van der Waals surface area contributed by atoms with Crippen LogP contribution in [0.25, 0.3) is 54.2 Å². The molecule has 2 heteroatoms. The Balaban J connectivity index is 1.05. The molecule has 0 amide bonds. The molecular weight excluding hydrogens is 593 g/mol. The number of hydrogen-bond donors (Lipinski definition) is 0. The molecule has 0 saturated heterocycles. The largest absolute Gasteiger partial charge is 0.345 e. The quantitative estimate of drug-likeness (QED) is 0.170. The first-order valence-corrected chi connectivity index (χ1v) is 16.7. The van der Waals surface area contributed by atoms with E-state index < -0.39 is 0 Å². The number of anilines is 5. The lowest BCUT2D eigenvalue weighted by atomic mass is 10.0. The Kier molecular flexibility index (Phi) is 6.96. The van der Waals surface area contributed by atoms with E-state index in [4.69, 9.17) is 0 Å². The Morgan fingerprint density at radius 1 is 0.408 bits per heavy atom. The van der Waals surface area contributed by atoms with E-state index in [0.29, 0.717) is 0 Å². The molecule has 9 aromatic rings. The average Bonchev–Trinajstić information content (AvgIpc) is 3.17. The summed E-state index contributed by atoms with van der Waals surface area (Å²) >= 11 is 0. The van der Waals surface area contributed by atoms with Gasteiger partial charge >= 0.3 is 0 Å². The van der Waals surface area contributed by atoms with Crippen molar-refractivity contribution >= 4 is 71.5 Å². The molecule has 0 aliphatic carbocycles. The molecule has 0 fully saturated rings. The van der Waals surface area contributed by atoms with Gasteiger partial charge in [-0.2, -0.15) is 0 Å². The number of nitrogens with zero attached hydrogens (tertiary/aromatic N) is 2. The van der Waals surface area contributed by atoms with Crippen molar-refractivity contribution < 1.29 is 0 Å². The summed E-state index contributed by atoms with van der Waals surface area (Å²) in [5, 5.41) is 9.63. The van der Waals surface area contributed by atoms with Crippen molar-refractivity contribution in [1.29, 1.82) is 0 Å². The lowest BCUT2D eigenvalue weighted by molar-refractivity contribution is 1.21. The molecule has 0 aliphatic heterocycles. The van der Waals surface area contributed by atoms with Crippen LogP contribution in [0.3, 0.4) is 0 Å². The number of benzene rings is 8. The summed E-state index contributed by atoms with van der Waals surface area (Å²) in [6.45, 7) is 0. The highest BCUT2D eigenvalue weighted by Crippen LogP contribution is 2.42. The predicted octanol–water partition coefficient (Wildman–Crippen LogP) is 12.8. The van der Waals surface area contributed by atoms with Crippen LogP contribution in [0.4, 0.5) is 28.4 Å². The normalized spacial score (nSPS) is 11.2. The van der Waals surface area contributed by atoms with E-state index in [0.717, 1.165) is 39.2 Å². The topological polar surface area (TPSA) is 6.48 Å². The van der Waals surface area contributed by atoms with E-state index >= 15 is 0 Å². The highest BCUT2D eigenvalue weighted by atomic mass is 15.1. The lowest BCUT2D eigenvalue weighted by Gasteiger charge is -2.27. The number of hydrogen-bond acceptors (Lipinski definition) is 2. The first-order chi connectivity index (χ1) is 24.2. The molecule has 0 bridgehead atoms. The van der Waals surface area contributed by atoms with Gasteiger partial charge in [0.15, 0.2) is 0 Å². The van der Waals surface area contributed by atoms with Crippen LogP contribution in [0.1, 0.15) is 0 Å². The van der Waals surface area contributed by atoms with Gasteiger partial charge in [-0.25, -0.2) is 0 Å². The third-order valence-corrected chi connectivity index (χ3v) is 9.66. The lowest BCUT2D eigenvalue weighted by Crippen LogP contribution is -2.11. The summed E-state index contributed by atoms with van der Waals surface area (Å²) < 4.78 is 0. The van der Waals surface area contributed by atoms with Gasteiger partial charge in [-0.05, 0) is 116 Å². The zero-order valence-electron chi connectivity index (χ0n) is 27.1. The minimum Gasteiger partial charge on any atom is -0.345 e. The molecule has 9 aromatic carbocycles. The summed E-state index contributed by atoms with van der Waals surface area (Å²) in [7, 11) is 2.14. The Morgan fingerprint density at radius 3 is 1.73 bits per heavy atom. The van der Waals surface area contributed by atoms with Crippen molar-refractivity contribution in [2.24, 2.45) is 0 Å². The third-order valence-electron chi connectivity index (χ3n) is 9.66. The number of rotatable bonds is 6. The summed E-state index contributed by atoms with van der Waals surface area (Å²) in [5.74, 6) is 0. The second-order valence-electron chi connectivity index (χ2n) is 12.6. The fourth-order valence-corrected chi connectivity index (χ4v) is 7.04. The van der Waals surface area contributed by atoms with Crippen molar-refractivity contribution in [3.63, 3.8) is 0 Å². The molecule has 230 valence electrons. The van der Waals surface area contributed by atoms with Crippen LogP contribution in [0.2, 0.25) is 0 Å². The molecule has 0 spiro atoms. The molecule has 9 rings (SSSR count). The van der Waals surface area contributed by atoms with Crippen LogP contribution >= 0.6 is 0 Å². The van der Waals surface area contributed by atoms with E-state index in [1.165, 1.54) is 43.4 Å². The summed E-state index contributed by atoms with van der Waals surface area (Å²) in [6, 6.07) is 69.7. The highest BCUT2D eigenvalue weighted by molar-refractivity contribution is 6.04. The molecule has 0 unspecified atom stereocenters. The average molecular weight is 625 g/mol. The van der Waals surface area contributed by atoms with Gasteiger partial charge in [-0.1, -0.05) is 115 Å². The maximum atomic E-state index is 3.40. The maximum absolute atomic E-state index is 3.40. The van der Waals surface area contributed by atoms with Crippen LogP contribution in [-0.4, -0.2) is 7.05 Å². The predicted molar refractivity (Wildman–Crippen MR) is 209 cm³/mol. The van der Waals surface area contributed by atoms with E-state index in [1.54, 1.807) is 0 Å².